The minimum absolute atomic E-state index is 0.626. The van der Waals surface area contributed by atoms with Gasteiger partial charge < -0.3 is 14.0 Å². The molecule has 0 spiro atoms. The number of nitrogens with zero attached hydrogens (tertiary/aromatic N) is 6. The third-order valence-corrected chi connectivity index (χ3v) is 12.7. The van der Waals surface area contributed by atoms with E-state index in [4.69, 9.17) is 15.0 Å². The minimum Gasteiger partial charge on any atom is -0.309 e. The van der Waals surface area contributed by atoms with Crippen LogP contribution in [0, 0.1) is 0 Å². The molecule has 0 aliphatic carbocycles. The number of benzene rings is 9. The van der Waals surface area contributed by atoms with Gasteiger partial charge in [-0.05, 0) is 90.0 Å². The van der Waals surface area contributed by atoms with Crippen LogP contribution in [0.15, 0.2) is 231 Å². The number of anilines is 3. The molecule has 3 aromatic heterocycles. The summed E-state index contributed by atoms with van der Waals surface area (Å²) in [5.41, 5.74) is 16.5. The summed E-state index contributed by atoms with van der Waals surface area (Å²) in [4.78, 5) is 17.4. The zero-order valence-electron chi connectivity index (χ0n) is 35.1. The average Bonchev–Trinajstić information content (AvgIpc) is 3.89. The van der Waals surface area contributed by atoms with E-state index in [-0.39, 0.29) is 0 Å². The SMILES string of the molecule is c1ccc(-c2nc(-c3ccccc3)nc(-c3cccc(-n4c5ccccc5c5cc(-c6ccc7c(c6)cc6n7-c7ccccc7N(c7ccccc7)c7ccccc7-6)ccc54)c3)n2)cc1. The second-order valence-electron chi connectivity index (χ2n) is 16.5. The van der Waals surface area contributed by atoms with Gasteiger partial charge in [-0.25, -0.2) is 15.0 Å². The van der Waals surface area contributed by atoms with Crippen LogP contribution >= 0.6 is 0 Å². The lowest BCUT2D eigenvalue weighted by atomic mass is 10.0. The van der Waals surface area contributed by atoms with E-state index in [1.54, 1.807) is 0 Å². The highest BCUT2D eigenvalue weighted by atomic mass is 15.2. The molecule has 0 saturated heterocycles. The number of para-hydroxylation sites is 5. The molecule has 6 nitrogen and oxygen atoms in total. The van der Waals surface area contributed by atoms with E-state index in [9.17, 15) is 0 Å². The maximum Gasteiger partial charge on any atom is 0.164 e. The summed E-state index contributed by atoms with van der Waals surface area (Å²) in [6, 6.07) is 81.8. The summed E-state index contributed by atoms with van der Waals surface area (Å²) in [5.74, 6) is 1.91. The molecule has 13 rings (SSSR count). The smallest absolute Gasteiger partial charge is 0.164 e. The number of fused-ring (bicyclic) bond motifs is 10. The Morgan fingerprint density at radius 2 is 0.831 bits per heavy atom. The van der Waals surface area contributed by atoms with E-state index < -0.39 is 0 Å². The molecule has 0 unspecified atom stereocenters. The molecule has 1 aliphatic heterocycles. The molecule has 9 aromatic carbocycles. The van der Waals surface area contributed by atoms with Gasteiger partial charge in [0, 0.05) is 49.8 Å². The molecule has 0 N–H and O–H groups in total. The summed E-state index contributed by atoms with van der Waals surface area (Å²) >= 11 is 0. The van der Waals surface area contributed by atoms with Crippen molar-refractivity contribution in [2.24, 2.45) is 0 Å². The van der Waals surface area contributed by atoms with Gasteiger partial charge in [-0.15, -0.1) is 0 Å². The van der Waals surface area contributed by atoms with Crippen LogP contribution in [0.2, 0.25) is 0 Å². The molecule has 0 radical (unpaired) electrons. The molecule has 0 amide bonds. The predicted molar refractivity (Wildman–Crippen MR) is 266 cm³/mol. The van der Waals surface area contributed by atoms with E-state index in [0.717, 1.165) is 56.2 Å². The molecule has 1 aliphatic rings. The van der Waals surface area contributed by atoms with Crippen LogP contribution in [0.25, 0.3) is 101 Å². The molecule has 4 heterocycles. The van der Waals surface area contributed by atoms with Gasteiger partial charge in [-0.2, -0.15) is 0 Å². The zero-order chi connectivity index (χ0) is 42.8. The van der Waals surface area contributed by atoms with E-state index in [1.807, 2.05) is 60.7 Å². The maximum absolute atomic E-state index is 5.04. The Labute approximate surface area is 375 Å². The van der Waals surface area contributed by atoms with Crippen LogP contribution in [0.5, 0.6) is 0 Å². The summed E-state index contributed by atoms with van der Waals surface area (Å²) in [7, 11) is 0. The van der Waals surface area contributed by atoms with Crippen molar-refractivity contribution in [1.29, 1.82) is 0 Å². The third kappa shape index (κ3) is 6.07. The number of hydrogen-bond donors (Lipinski definition) is 0. The van der Waals surface area contributed by atoms with Gasteiger partial charge in [-0.3, -0.25) is 0 Å². The van der Waals surface area contributed by atoms with Crippen LogP contribution < -0.4 is 4.90 Å². The minimum atomic E-state index is 0.626. The normalized spacial score (nSPS) is 12.0. The molecule has 0 atom stereocenters. The molecule has 65 heavy (non-hydrogen) atoms. The Morgan fingerprint density at radius 3 is 1.57 bits per heavy atom. The summed E-state index contributed by atoms with van der Waals surface area (Å²) in [6.45, 7) is 0. The van der Waals surface area contributed by atoms with E-state index >= 15 is 0 Å². The van der Waals surface area contributed by atoms with Gasteiger partial charge >= 0.3 is 0 Å². The van der Waals surface area contributed by atoms with Gasteiger partial charge in [0.15, 0.2) is 17.5 Å². The zero-order valence-corrected chi connectivity index (χ0v) is 35.1. The van der Waals surface area contributed by atoms with E-state index in [1.165, 1.54) is 44.1 Å². The summed E-state index contributed by atoms with van der Waals surface area (Å²) < 4.78 is 4.79. The molecule has 0 fully saturated rings. The second kappa shape index (κ2) is 14.9. The fourth-order valence-corrected chi connectivity index (χ4v) is 9.72. The first-order valence-corrected chi connectivity index (χ1v) is 21.9. The molecule has 12 aromatic rings. The fourth-order valence-electron chi connectivity index (χ4n) is 9.72. The first kappa shape index (κ1) is 36.8. The van der Waals surface area contributed by atoms with E-state index in [2.05, 4.69) is 184 Å². The van der Waals surface area contributed by atoms with Crippen LogP contribution in [0.3, 0.4) is 0 Å². The molecular weight excluding hydrogens is 793 g/mol. The molecular formula is C59H38N6. The van der Waals surface area contributed by atoms with Crippen molar-refractivity contribution in [2.75, 3.05) is 4.90 Å². The highest BCUT2D eigenvalue weighted by Gasteiger charge is 2.27. The first-order chi connectivity index (χ1) is 32.2. The Balaban J connectivity index is 0.926. The summed E-state index contributed by atoms with van der Waals surface area (Å²) in [5, 5.41) is 3.58. The Kier molecular flexibility index (Phi) is 8.42. The maximum atomic E-state index is 5.04. The fraction of sp³-hybridized carbons (Fsp3) is 0. The van der Waals surface area contributed by atoms with Crippen LogP contribution in [-0.4, -0.2) is 24.1 Å². The monoisotopic (exact) mass is 830 g/mol. The number of aromatic nitrogens is 5. The number of hydrogen-bond acceptors (Lipinski definition) is 4. The summed E-state index contributed by atoms with van der Waals surface area (Å²) in [6.07, 6.45) is 0. The predicted octanol–water partition coefficient (Wildman–Crippen LogP) is 15.0. The lowest BCUT2D eigenvalue weighted by Gasteiger charge is -2.26. The van der Waals surface area contributed by atoms with Crippen molar-refractivity contribution < 1.29 is 0 Å². The van der Waals surface area contributed by atoms with Crippen LogP contribution in [0.4, 0.5) is 17.1 Å². The van der Waals surface area contributed by atoms with Crippen LogP contribution in [0.1, 0.15) is 0 Å². The van der Waals surface area contributed by atoms with Crippen LogP contribution in [-0.2, 0) is 0 Å². The van der Waals surface area contributed by atoms with Crippen molar-refractivity contribution in [2.45, 2.75) is 0 Å². The Morgan fingerprint density at radius 1 is 0.292 bits per heavy atom. The number of rotatable bonds is 6. The molecule has 304 valence electrons. The van der Waals surface area contributed by atoms with Crippen molar-refractivity contribution >= 4 is 49.8 Å². The molecule has 6 heteroatoms. The van der Waals surface area contributed by atoms with Gasteiger partial charge in [0.1, 0.15) is 0 Å². The standard InChI is InChI=1S/C59H38N6/c1-4-17-39(18-5-1)57-60-58(40-19-6-2-7-20-40)62-59(61-57)43-21-16-24-46(36-43)64-51-27-12-10-25-47(51)49-37-42(32-34-53(49)64)41-31-33-50-44(35-41)38-56-48-26-11-13-28-52(48)63(45-22-8-3-9-23-45)54-29-14-15-30-55(54)65(50)56/h1-38H. The van der Waals surface area contributed by atoms with Gasteiger partial charge in [0.2, 0.25) is 0 Å². The highest BCUT2D eigenvalue weighted by Crippen LogP contribution is 2.49. The third-order valence-electron chi connectivity index (χ3n) is 12.7. The topological polar surface area (TPSA) is 51.8 Å². The van der Waals surface area contributed by atoms with Gasteiger partial charge in [0.05, 0.1) is 39.3 Å². The van der Waals surface area contributed by atoms with Crippen molar-refractivity contribution in [3.8, 4) is 67.9 Å². The van der Waals surface area contributed by atoms with Crippen molar-refractivity contribution in [1.82, 2.24) is 24.1 Å². The average molecular weight is 831 g/mol. The lowest BCUT2D eigenvalue weighted by Crippen LogP contribution is -2.11. The Bertz CT molecular complexity index is 3720. The van der Waals surface area contributed by atoms with Gasteiger partial charge in [-0.1, -0.05) is 152 Å². The second-order valence-corrected chi connectivity index (χ2v) is 16.5. The molecule has 0 bridgehead atoms. The van der Waals surface area contributed by atoms with Crippen molar-refractivity contribution in [3.05, 3.63) is 231 Å². The van der Waals surface area contributed by atoms with Gasteiger partial charge in [0.25, 0.3) is 0 Å². The van der Waals surface area contributed by atoms with E-state index in [0.29, 0.717) is 17.5 Å². The molecule has 0 saturated carbocycles. The highest BCUT2D eigenvalue weighted by molar-refractivity contribution is 6.11. The first-order valence-electron chi connectivity index (χ1n) is 21.9. The largest absolute Gasteiger partial charge is 0.309 e. The van der Waals surface area contributed by atoms with Crippen molar-refractivity contribution in [3.63, 3.8) is 0 Å². The quantitative estimate of drug-likeness (QED) is 0.167. The lowest BCUT2D eigenvalue weighted by molar-refractivity contribution is 1.07. The Hall–Kier alpha value is -8.87.